The van der Waals surface area contributed by atoms with Gasteiger partial charge in [0.1, 0.15) is 6.04 Å². The Morgan fingerprint density at radius 3 is 2.55 bits per heavy atom. The zero-order valence-electron chi connectivity index (χ0n) is 12.3. The number of carboxylic acids is 1. The third kappa shape index (κ3) is 3.14. The lowest BCUT2D eigenvalue weighted by Gasteiger charge is -2.40. The SMILES string of the molecule is CCC1CCN(C(=O)C2CCCCC2N)C(C(=O)O)C1. The maximum atomic E-state index is 12.7. The van der Waals surface area contributed by atoms with Gasteiger partial charge < -0.3 is 15.7 Å². The molecule has 2 rings (SSSR count). The summed E-state index contributed by atoms with van der Waals surface area (Å²) >= 11 is 0. The normalized spacial score (nSPS) is 34.8. The molecule has 1 saturated heterocycles. The first kappa shape index (κ1) is 15.3. The molecule has 20 heavy (non-hydrogen) atoms. The van der Waals surface area contributed by atoms with Gasteiger partial charge in [0.2, 0.25) is 5.91 Å². The fourth-order valence-corrected chi connectivity index (χ4v) is 3.59. The lowest BCUT2D eigenvalue weighted by Crippen LogP contribution is -2.54. The summed E-state index contributed by atoms with van der Waals surface area (Å²) in [6.07, 6.45) is 6.25. The molecule has 0 bridgehead atoms. The van der Waals surface area contributed by atoms with Gasteiger partial charge in [0.15, 0.2) is 0 Å². The summed E-state index contributed by atoms with van der Waals surface area (Å²) in [4.78, 5) is 25.7. The minimum Gasteiger partial charge on any atom is -0.480 e. The van der Waals surface area contributed by atoms with Crippen LogP contribution in [0.2, 0.25) is 0 Å². The molecule has 0 aromatic heterocycles. The maximum absolute atomic E-state index is 12.7. The van der Waals surface area contributed by atoms with Gasteiger partial charge in [0, 0.05) is 12.6 Å². The van der Waals surface area contributed by atoms with Gasteiger partial charge >= 0.3 is 5.97 Å². The number of hydrogen-bond acceptors (Lipinski definition) is 3. The van der Waals surface area contributed by atoms with Gasteiger partial charge in [-0.3, -0.25) is 4.79 Å². The summed E-state index contributed by atoms with van der Waals surface area (Å²) in [6.45, 7) is 2.65. The van der Waals surface area contributed by atoms with Gasteiger partial charge in [-0.1, -0.05) is 26.2 Å². The second-order valence-electron chi connectivity index (χ2n) is 6.24. The molecule has 0 aromatic rings. The highest BCUT2D eigenvalue weighted by molar-refractivity contribution is 5.85. The van der Waals surface area contributed by atoms with Crippen molar-refractivity contribution in [2.24, 2.45) is 17.6 Å². The summed E-state index contributed by atoms with van der Waals surface area (Å²) in [7, 11) is 0. The molecule has 1 heterocycles. The number of hydrogen-bond donors (Lipinski definition) is 2. The molecule has 0 radical (unpaired) electrons. The highest BCUT2D eigenvalue weighted by Gasteiger charge is 2.40. The number of carbonyl (C=O) groups is 2. The van der Waals surface area contributed by atoms with Gasteiger partial charge in [-0.25, -0.2) is 4.79 Å². The summed E-state index contributed by atoms with van der Waals surface area (Å²) in [6, 6.07) is -0.759. The molecular formula is C15H26N2O3. The van der Waals surface area contributed by atoms with Crippen LogP contribution >= 0.6 is 0 Å². The van der Waals surface area contributed by atoms with E-state index >= 15 is 0 Å². The number of piperidine rings is 1. The van der Waals surface area contributed by atoms with E-state index in [0.717, 1.165) is 38.5 Å². The molecule has 2 aliphatic rings. The number of carbonyl (C=O) groups excluding carboxylic acids is 1. The Balaban J connectivity index is 2.08. The highest BCUT2D eigenvalue weighted by Crippen LogP contribution is 2.30. The molecule has 1 aliphatic carbocycles. The van der Waals surface area contributed by atoms with Crippen LogP contribution in [0.1, 0.15) is 51.9 Å². The molecule has 3 N–H and O–H groups in total. The molecule has 1 amide bonds. The molecule has 1 aliphatic heterocycles. The van der Waals surface area contributed by atoms with E-state index in [4.69, 9.17) is 5.73 Å². The van der Waals surface area contributed by atoms with E-state index in [1.54, 1.807) is 4.90 Å². The first-order valence-corrected chi connectivity index (χ1v) is 7.83. The molecule has 114 valence electrons. The average Bonchev–Trinajstić information content (AvgIpc) is 2.46. The Hall–Kier alpha value is -1.10. The number of nitrogens with two attached hydrogens (primary N) is 1. The minimum absolute atomic E-state index is 0.0286. The predicted octanol–water partition coefficient (Wildman–Crippen LogP) is 1.61. The fraction of sp³-hybridized carbons (Fsp3) is 0.867. The van der Waals surface area contributed by atoms with E-state index in [0.29, 0.717) is 18.9 Å². The smallest absolute Gasteiger partial charge is 0.326 e. The van der Waals surface area contributed by atoms with Crippen LogP contribution in [-0.4, -0.2) is 40.5 Å². The Kier molecular flexibility index (Phi) is 5.02. The largest absolute Gasteiger partial charge is 0.480 e. The zero-order chi connectivity index (χ0) is 14.7. The van der Waals surface area contributed by atoms with Crippen molar-refractivity contribution in [1.82, 2.24) is 4.90 Å². The molecule has 1 saturated carbocycles. The average molecular weight is 282 g/mol. The van der Waals surface area contributed by atoms with Crippen LogP contribution in [0.5, 0.6) is 0 Å². The van der Waals surface area contributed by atoms with Crippen LogP contribution in [0.25, 0.3) is 0 Å². The zero-order valence-corrected chi connectivity index (χ0v) is 12.3. The first-order valence-electron chi connectivity index (χ1n) is 7.83. The van der Waals surface area contributed by atoms with Crippen molar-refractivity contribution in [1.29, 1.82) is 0 Å². The van der Waals surface area contributed by atoms with Crippen molar-refractivity contribution in [2.75, 3.05) is 6.54 Å². The van der Waals surface area contributed by atoms with E-state index in [1.165, 1.54) is 0 Å². The Labute approximate surface area is 120 Å². The van der Waals surface area contributed by atoms with Crippen LogP contribution in [0.15, 0.2) is 0 Å². The molecule has 0 spiro atoms. The molecule has 4 atom stereocenters. The van der Waals surface area contributed by atoms with Crippen molar-refractivity contribution < 1.29 is 14.7 Å². The number of nitrogens with zero attached hydrogens (tertiary/aromatic N) is 1. The van der Waals surface area contributed by atoms with Crippen molar-refractivity contribution >= 4 is 11.9 Å². The standard InChI is InChI=1S/C15H26N2O3/c1-2-10-7-8-17(13(9-10)15(19)20)14(18)11-5-3-4-6-12(11)16/h10-13H,2-9,16H2,1H3,(H,19,20). The Bertz CT molecular complexity index is 372. The van der Waals surface area contributed by atoms with Gasteiger partial charge in [-0.15, -0.1) is 0 Å². The molecule has 5 heteroatoms. The van der Waals surface area contributed by atoms with E-state index in [9.17, 15) is 14.7 Å². The summed E-state index contributed by atoms with van der Waals surface area (Å²) in [5.74, 6) is -0.663. The minimum atomic E-state index is -0.874. The second-order valence-corrected chi connectivity index (χ2v) is 6.24. The third-order valence-electron chi connectivity index (χ3n) is 4.99. The Morgan fingerprint density at radius 2 is 1.95 bits per heavy atom. The van der Waals surface area contributed by atoms with Gasteiger partial charge in [-0.2, -0.15) is 0 Å². The second kappa shape index (κ2) is 6.57. The van der Waals surface area contributed by atoms with Gasteiger partial charge in [-0.05, 0) is 31.6 Å². The van der Waals surface area contributed by atoms with E-state index < -0.39 is 12.0 Å². The lowest BCUT2D eigenvalue weighted by atomic mass is 9.82. The number of carboxylic acid groups (broad SMARTS) is 1. The van der Waals surface area contributed by atoms with Crippen LogP contribution in [0, 0.1) is 11.8 Å². The quantitative estimate of drug-likeness (QED) is 0.823. The van der Waals surface area contributed by atoms with Gasteiger partial charge in [0.25, 0.3) is 0 Å². The van der Waals surface area contributed by atoms with Gasteiger partial charge in [0.05, 0.1) is 5.92 Å². The van der Waals surface area contributed by atoms with Crippen LogP contribution in [-0.2, 0) is 9.59 Å². The van der Waals surface area contributed by atoms with Crippen molar-refractivity contribution in [2.45, 2.75) is 64.0 Å². The molecule has 2 fully saturated rings. The number of rotatable bonds is 3. The molecule has 4 unspecified atom stereocenters. The van der Waals surface area contributed by atoms with Crippen LogP contribution < -0.4 is 5.73 Å². The third-order valence-corrected chi connectivity index (χ3v) is 4.99. The maximum Gasteiger partial charge on any atom is 0.326 e. The predicted molar refractivity (Wildman–Crippen MR) is 76.1 cm³/mol. The first-order chi connectivity index (χ1) is 9.54. The Morgan fingerprint density at radius 1 is 1.25 bits per heavy atom. The lowest BCUT2D eigenvalue weighted by molar-refractivity contribution is -0.156. The van der Waals surface area contributed by atoms with E-state index in [2.05, 4.69) is 6.92 Å². The van der Waals surface area contributed by atoms with Crippen molar-refractivity contribution in [3.05, 3.63) is 0 Å². The van der Waals surface area contributed by atoms with Crippen LogP contribution in [0.3, 0.4) is 0 Å². The number of amides is 1. The summed E-state index contributed by atoms with van der Waals surface area (Å²) in [5.41, 5.74) is 6.07. The molecule has 5 nitrogen and oxygen atoms in total. The topological polar surface area (TPSA) is 83.6 Å². The molecular weight excluding hydrogens is 256 g/mol. The van der Waals surface area contributed by atoms with E-state index in [-0.39, 0.29) is 17.9 Å². The monoisotopic (exact) mass is 282 g/mol. The number of likely N-dealkylation sites (tertiary alicyclic amines) is 1. The molecule has 0 aromatic carbocycles. The van der Waals surface area contributed by atoms with Crippen molar-refractivity contribution in [3.63, 3.8) is 0 Å². The number of aliphatic carboxylic acids is 1. The summed E-state index contributed by atoms with van der Waals surface area (Å²) < 4.78 is 0. The van der Waals surface area contributed by atoms with Crippen LogP contribution in [0.4, 0.5) is 0 Å². The van der Waals surface area contributed by atoms with E-state index in [1.807, 2.05) is 0 Å². The highest BCUT2D eigenvalue weighted by atomic mass is 16.4. The summed E-state index contributed by atoms with van der Waals surface area (Å²) in [5, 5.41) is 9.41. The van der Waals surface area contributed by atoms with Crippen molar-refractivity contribution in [3.8, 4) is 0 Å². The fourth-order valence-electron chi connectivity index (χ4n) is 3.59.